The van der Waals surface area contributed by atoms with Crippen LogP contribution >= 0.6 is 35.6 Å². The number of hydrogen-bond acceptors (Lipinski definition) is 4. The standard InChI is InChI=1S/C18H28ClN3O3.HI/c1-3-20-18(21-7-5-9-23-4-2)22-8-6-14-12-15(19)17-16(13-14)24-10-11-25-17;/h12-13H,3-11H2,1-2H3,(H2,20,21,22);1H. The first-order valence-corrected chi connectivity index (χ1v) is 9.30. The van der Waals surface area contributed by atoms with Gasteiger partial charge in [0.25, 0.3) is 0 Å². The van der Waals surface area contributed by atoms with Crippen LogP contribution in [0.2, 0.25) is 5.02 Å². The van der Waals surface area contributed by atoms with E-state index >= 15 is 0 Å². The highest BCUT2D eigenvalue weighted by Gasteiger charge is 2.16. The van der Waals surface area contributed by atoms with Crippen LogP contribution in [-0.2, 0) is 11.2 Å². The Labute approximate surface area is 178 Å². The lowest BCUT2D eigenvalue weighted by Gasteiger charge is -2.20. The average Bonchev–Trinajstić information content (AvgIpc) is 2.61. The Kier molecular flexibility index (Phi) is 11.8. The number of nitrogens with one attached hydrogen (secondary N) is 2. The number of aliphatic imine (C=N–C) groups is 1. The van der Waals surface area contributed by atoms with Gasteiger partial charge in [-0.25, -0.2) is 0 Å². The largest absolute Gasteiger partial charge is 0.486 e. The molecule has 0 radical (unpaired) electrons. The maximum absolute atomic E-state index is 6.28. The van der Waals surface area contributed by atoms with Gasteiger partial charge in [0, 0.05) is 32.8 Å². The van der Waals surface area contributed by atoms with Gasteiger partial charge >= 0.3 is 0 Å². The number of fused-ring (bicyclic) bond motifs is 1. The number of rotatable bonds is 9. The molecule has 2 rings (SSSR count). The van der Waals surface area contributed by atoms with Gasteiger partial charge in [-0.2, -0.15) is 0 Å². The summed E-state index contributed by atoms with van der Waals surface area (Å²) in [6, 6.07) is 3.93. The van der Waals surface area contributed by atoms with Gasteiger partial charge in [0.15, 0.2) is 17.5 Å². The third-order valence-electron chi connectivity index (χ3n) is 3.63. The molecular weight excluding hydrogens is 469 g/mol. The summed E-state index contributed by atoms with van der Waals surface area (Å²) in [5.41, 5.74) is 1.11. The Bertz CT molecular complexity index is 573. The second-order valence-corrected chi connectivity index (χ2v) is 6.00. The summed E-state index contributed by atoms with van der Waals surface area (Å²) in [7, 11) is 0. The minimum atomic E-state index is 0. The number of guanidine groups is 1. The molecule has 0 aromatic heterocycles. The highest BCUT2D eigenvalue weighted by Crippen LogP contribution is 2.38. The summed E-state index contributed by atoms with van der Waals surface area (Å²) in [6.07, 6.45) is 1.74. The van der Waals surface area contributed by atoms with Crippen molar-refractivity contribution in [2.45, 2.75) is 26.7 Å². The van der Waals surface area contributed by atoms with E-state index in [0.717, 1.165) is 63.0 Å². The van der Waals surface area contributed by atoms with E-state index in [1.165, 1.54) is 0 Å². The highest BCUT2D eigenvalue weighted by molar-refractivity contribution is 14.0. The predicted molar refractivity (Wildman–Crippen MR) is 117 cm³/mol. The fourth-order valence-corrected chi connectivity index (χ4v) is 2.77. The maximum atomic E-state index is 6.28. The average molecular weight is 498 g/mol. The van der Waals surface area contributed by atoms with Gasteiger partial charge in [-0.3, -0.25) is 4.99 Å². The van der Waals surface area contributed by atoms with Crippen molar-refractivity contribution in [1.29, 1.82) is 0 Å². The lowest BCUT2D eigenvalue weighted by molar-refractivity contribution is 0.146. The number of ether oxygens (including phenoxy) is 3. The molecule has 6 nitrogen and oxygen atoms in total. The topological polar surface area (TPSA) is 64.1 Å². The molecule has 0 atom stereocenters. The molecule has 0 aliphatic carbocycles. The van der Waals surface area contributed by atoms with Crippen LogP contribution in [0, 0.1) is 0 Å². The highest BCUT2D eigenvalue weighted by atomic mass is 127. The van der Waals surface area contributed by atoms with E-state index in [1.54, 1.807) is 0 Å². The van der Waals surface area contributed by atoms with E-state index in [0.29, 0.717) is 24.0 Å². The molecule has 0 fully saturated rings. The number of halogens is 2. The molecule has 1 aliphatic rings. The van der Waals surface area contributed by atoms with Crippen LogP contribution in [0.1, 0.15) is 25.8 Å². The fourth-order valence-electron chi connectivity index (χ4n) is 2.48. The monoisotopic (exact) mass is 497 g/mol. The third-order valence-corrected chi connectivity index (χ3v) is 3.91. The van der Waals surface area contributed by atoms with Crippen LogP contribution in [0.4, 0.5) is 0 Å². The molecule has 1 aromatic rings. The molecule has 0 amide bonds. The van der Waals surface area contributed by atoms with Crippen molar-refractivity contribution in [3.63, 3.8) is 0 Å². The molecule has 0 unspecified atom stereocenters. The molecule has 1 aliphatic heterocycles. The SMILES string of the molecule is CCNC(=NCCCOCC)NCCc1cc(Cl)c2c(c1)OCCO2.I. The quantitative estimate of drug-likeness (QED) is 0.237. The Balaban J connectivity index is 0.00000338. The van der Waals surface area contributed by atoms with E-state index in [4.69, 9.17) is 25.8 Å². The first-order chi connectivity index (χ1) is 12.2. The van der Waals surface area contributed by atoms with Gasteiger partial charge in [0.2, 0.25) is 0 Å². The second-order valence-electron chi connectivity index (χ2n) is 5.59. The molecule has 1 aromatic carbocycles. The van der Waals surface area contributed by atoms with Gasteiger partial charge in [0.05, 0.1) is 5.02 Å². The lowest BCUT2D eigenvalue weighted by atomic mass is 10.1. The number of hydrogen-bond donors (Lipinski definition) is 2. The zero-order chi connectivity index (χ0) is 17.9. The van der Waals surface area contributed by atoms with Gasteiger partial charge in [-0.05, 0) is 44.4 Å². The summed E-state index contributed by atoms with van der Waals surface area (Å²) < 4.78 is 16.5. The normalized spacial score (nSPS) is 13.1. The molecule has 148 valence electrons. The summed E-state index contributed by atoms with van der Waals surface area (Å²) in [5, 5.41) is 7.19. The molecule has 8 heteroatoms. The Morgan fingerprint density at radius 3 is 2.81 bits per heavy atom. The van der Waals surface area contributed by atoms with Crippen LogP contribution in [-0.4, -0.2) is 52.0 Å². The fraction of sp³-hybridized carbons (Fsp3) is 0.611. The minimum absolute atomic E-state index is 0. The van der Waals surface area contributed by atoms with Crippen molar-refractivity contribution in [1.82, 2.24) is 10.6 Å². The summed E-state index contributed by atoms with van der Waals surface area (Å²) in [4.78, 5) is 4.55. The van der Waals surface area contributed by atoms with Crippen LogP contribution in [0.5, 0.6) is 11.5 Å². The summed E-state index contributed by atoms with van der Waals surface area (Å²) in [5.74, 6) is 2.20. The molecule has 1 heterocycles. The van der Waals surface area contributed by atoms with Gasteiger partial charge in [-0.15, -0.1) is 24.0 Å². The second kappa shape index (κ2) is 13.3. The minimum Gasteiger partial charge on any atom is -0.486 e. The van der Waals surface area contributed by atoms with Crippen molar-refractivity contribution < 1.29 is 14.2 Å². The van der Waals surface area contributed by atoms with Crippen molar-refractivity contribution in [3.8, 4) is 11.5 Å². The van der Waals surface area contributed by atoms with E-state index < -0.39 is 0 Å². The van der Waals surface area contributed by atoms with Crippen LogP contribution in [0.25, 0.3) is 0 Å². The summed E-state index contributed by atoms with van der Waals surface area (Å²) >= 11 is 6.28. The van der Waals surface area contributed by atoms with Crippen molar-refractivity contribution in [2.75, 3.05) is 46.1 Å². The molecule has 0 saturated carbocycles. The molecule has 26 heavy (non-hydrogen) atoms. The summed E-state index contributed by atoms with van der Waals surface area (Å²) in [6.45, 7) is 8.97. The molecular formula is C18H29ClIN3O3. The van der Waals surface area contributed by atoms with Crippen molar-refractivity contribution >= 4 is 41.5 Å². The molecule has 0 bridgehead atoms. The lowest BCUT2D eigenvalue weighted by Crippen LogP contribution is -2.38. The Morgan fingerprint density at radius 2 is 2.04 bits per heavy atom. The first-order valence-electron chi connectivity index (χ1n) is 8.92. The third kappa shape index (κ3) is 7.75. The Morgan fingerprint density at radius 1 is 1.23 bits per heavy atom. The van der Waals surface area contributed by atoms with Crippen molar-refractivity contribution in [2.24, 2.45) is 4.99 Å². The first kappa shape index (κ1) is 23.1. The van der Waals surface area contributed by atoms with E-state index in [-0.39, 0.29) is 24.0 Å². The molecule has 0 saturated heterocycles. The number of nitrogens with zero attached hydrogens (tertiary/aromatic N) is 1. The van der Waals surface area contributed by atoms with Gasteiger partial charge in [0.1, 0.15) is 13.2 Å². The smallest absolute Gasteiger partial charge is 0.191 e. The van der Waals surface area contributed by atoms with Crippen LogP contribution in [0.15, 0.2) is 17.1 Å². The number of benzene rings is 1. The van der Waals surface area contributed by atoms with E-state index in [1.807, 2.05) is 19.1 Å². The van der Waals surface area contributed by atoms with Crippen LogP contribution < -0.4 is 20.1 Å². The van der Waals surface area contributed by atoms with Crippen molar-refractivity contribution in [3.05, 3.63) is 22.7 Å². The van der Waals surface area contributed by atoms with E-state index in [2.05, 4.69) is 22.5 Å². The zero-order valence-corrected chi connectivity index (χ0v) is 18.6. The van der Waals surface area contributed by atoms with Gasteiger partial charge < -0.3 is 24.8 Å². The Hall–Kier alpha value is -0.930. The maximum Gasteiger partial charge on any atom is 0.191 e. The molecule has 2 N–H and O–H groups in total. The van der Waals surface area contributed by atoms with Gasteiger partial charge in [-0.1, -0.05) is 11.6 Å². The van der Waals surface area contributed by atoms with Crippen LogP contribution in [0.3, 0.4) is 0 Å². The predicted octanol–water partition coefficient (Wildman–Crippen LogP) is 3.25. The zero-order valence-electron chi connectivity index (χ0n) is 15.5. The molecule has 0 spiro atoms. The van der Waals surface area contributed by atoms with E-state index in [9.17, 15) is 0 Å².